The minimum absolute atomic E-state index is 0.0278. The summed E-state index contributed by atoms with van der Waals surface area (Å²) in [7, 11) is 1.67. The lowest BCUT2D eigenvalue weighted by Crippen LogP contribution is -2.10. The first-order chi connectivity index (χ1) is 9.22. The number of nitrogens with zero attached hydrogens (tertiary/aromatic N) is 1. The van der Waals surface area contributed by atoms with Crippen LogP contribution in [0.15, 0.2) is 52.4 Å². The maximum Gasteiger partial charge on any atom is 0.118 e. The average molecular weight is 274 g/mol. The van der Waals surface area contributed by atoms with Crippen molar-refractivity contribution in [1.82, 2.24) is 4.98 Å². The van der Waals surface area contributed by atoms with Gasteiger partial charge in [-0.2, -0.15) is 0 Å². The molecule has 0 radical (unpaired) electrons. The van der Waals surface area contributed by atoms with Gasteiger partial charge >= 0.3 is 0 Å². The van der Waals surface area contributed by atoms with Gasteiger partial charge in [-0.3, -0.25) is 4.98 Å². The van der Waals surface area contributed by atoms with Crippen LogP contribution in [0.3, 0.4) is 0 Å². The van der Waals surface area contributed by atoms with Crippen LogP contribution in [0.5, 0.6) is 5.75 Å². The Morgan fingerprint density at radius 2 is 1.84 bits per heavy atom. The highest BCUT2D eigenvalue weighted by atomic mass is 32.2. The van der Waals surface area contributed by atoms with E-state index in [1.54, 1.807) is 18.9 Å². The van der Waals surface area contributed by atoms with Crippen molar-refractivity contribution >= 4 is 11.8 Å². The molecule has 2 aromatic rings. The van der Waals surface area contributed by atoms with Gasteiger partial charge in [0.2, 0.25) is 0 Å². The van der Waals surface area contributed by atoms with E-state index in [0.717, 1.165) is 27.7 Å². The van der Waals surface area contributed by atoms with Gasteiger partial charge in [0.25, 0.3) is 0 Å². The van der Waals surface area contributed by atoms with Gasteiger partial charge in [-0.25, -0.2) is 0 Å². The molecule has 1 aromatic heterocycles. The second kappa shape index (κ2) is 6.59. The molecule has 1 atom stereocenters. The molecule has 2 N–H and O–H groups in total. The monoisotopic (exact) mass is 274 g/mol. The summed E-state index contributed by atoms with van der Waals surface area (Å²) < 4.78 is 5.14. The molecule has 0 spiro atoms. The molecule has 1 heterocycles. The number of aromatic nitrogens is 1. The summed E-state index contributed by atoms with van der Waals surface area (Å²) in [6.45, 7) is 2.06. The quantitative estimate of drug-likeness (QED) is 0.904. The number of hydrogen-bond acceptors (Lipinski definition) is 4. The largest absolute Gasteiger partial charge is 0.497 e. The van der Waals surface area contributed by atoms with Crippen molar-refractivity contribution in [2.24, 2.45) is 5.73 Å². The summed E-state index contributed by atoms with van der Waals surface area (Å²) in [5.41, 5.74) is 6.89. The molecule has 1 aromatic carbocycles. The van der Waals surface area contributed by atoms with Crippen LogP contribution in [0.1, 0.15) is 25.1 Å². The van der Waals surface area contributed by atoms with Crippen molar-refractivity contribution in [3.05, 3.63) is 48.3 Å². The summed E-state index contributed by atoms with van der Waals surface area (Å²) >= 11 is 1.68. The molecular weight excluding hydrogens is 256 g/mol. The topological polar surface area (TPSA) is 48.1 Å². The van der Waals surface area contributed by atoms with E-state index in [1.165, 1.54) is 0 Å². The third-order valence-corrected chi connectivity index (χ3v) is 3.86. The third kappa shape index (κ3) is 3.72. The maximum absolute atomic E-state index is 5.95. The lowest BCUT2D eigenvalue weighted by molar-refractivity contribution is 0.414. The number of pyridine rings is 1. The second-order valence-electron chi connectivity index (χ2n) is 4.21. The molecule has 0 bridgehead atoms. The van der Waals surface area contributed by atoms with E-state index in [9.17, 15) is 0 Å². The van der Waals surface area contributed by atoms with Crippen molar-refractivity contribution < 1.29 is 4.74 Å². The summed E-state index contributed by atoms with van der Waals surface area (Å²) in [5, 5.41) is 0. The summed E-state index contributed by atoms with van der Waals surface area (Å²) in [4.78, 5) is 6.68. The van der Waals surface area contributed by atoms with Crippen molar-refractivity contribution in [2.75, 3.05) is 7.11 Å². The van der Waals surface area contributed by atoms with E-state index in [-0.39, 0.29) is 6.04 Å². The number of nitrogens with two attached hydrogens (primary N) is 1. The van der Waals surface area contributed by atoms with Gasteiger partial charge in [0.05, 0.1) is 12.8 Å². The molecule has 0 unspecified atom stereocenters. The van der Waals surface area contributed by atoms with Crippen LogP contribution < -0.4 is 10.5 Å². The van der Waals surface area contributed by atoms with Crippen molar-refractivity contribution in [3.8, 4) is 5.75 Å². The smallest absolute Gasteiger partial charge is 0.118 e. The second-order valence-corrected chi connectivity index (χ2v) is 5.36. The van der Waals surface area contributed by atoms with Crippen LogP contribution in [-0.2, 0) is 0 Å². The first kappa shape index (κ1) is 13.9. The van der Waals surface area contributed by atoms with Crippen molar-refractivity contribution in [2.45, 2.75) is 29.2 Å². The number of hydrogen-bond donors (Lipinski definition) is 1. The van der Waals surface area contributed by atoms with Crippen LogP contribution in [0.25, 0.3) is 0 Å². The van der Waals surface area contributed by atoms with Crippen LogP contribution in [0.2, 0.25) is 0 Å². The zero-order valence-electron chi connectivity index (χ0n) is 11.2. The predicted molar refractivity (Wildman–Crippen MR) is 78.6 cm³/mol. The molecule has 0 aliphatic heterocycles. The molecule has 2 rings (SSSR count). The fourth-order valence-corrected chi connectivity index (χ4v) is 2.45. The van der Waals surface area contributed by atoms with Gasteiger partial charge in [0.1, 0.15) is 5.75 Å². The van der Waals surface area contributed by atoms with E-state index in [2.05, 4.69) is 18.0 Å². The van der Waals surface area contributed by atoms with E-state index < -0.39 is 0 Å². The van der Waals surface area contributed by atoms with Gasteiger partial charge in [-0.15, -0.1) is 0 Å². The molecule has 4 heteroatoms. The Morgan fingerprint density at radius 3 is 2.37 bits per heavy atom. The Morgan fingerprint density at radius 1 is 1.16 bits per heavy atom. The minimum Gasteiger partial charge on any atom is -0.497 e. The summed E-state index contributed by atoms with van der Waals surface area (Å²) in [6.07, 6.45) is 2.78. The Bertz CT molecular complexity index is 511. The Kier molecular flexibility index (Phi) is 4.82. The van der Waals surface area contributed by atoms with Crippen LogP contribution >= 0.6 is 11.8 Å². The first-order valence-electron chi connectivity index (χ1n) is 6.26. The van der Waals surface area contributed by atoms with Crippen LogP contribution in [-0.4, -0.2) is 12.1 Å². The minimum atomic E-state index is 0.0278. The molecule has 0 amide bonds. The van der Waals surface area contributed by atoms with E-state index >= 15 is 0 Å². The molecule has 0 fully saturated rings. The van der Waals surface area contributed by atoms with E-state index in [0.29, 0.717) is 0 Å². The van der Waals surface area contributed by atoms with Crippen LogP contribution in [0.4, 0.5) is 0 Å². The van der Waals surface area contributed by atoms with E-state index in [1.807, 2.05) is 36.5 Å². The number of methoxy groups -OCH3 is 1. The van der Waals surface area contributed by atoms with E-state index in [4.69, 9.17) is 10.5 Å². The van der Waals surface area contributed by atoms with Gasteiger partial charge in [0.15, 0.2) is 0 Å². The molecule has 0 aliphatic rings. The highest BCUT2D eigenvalue weighted by Gasteiger charge is 2.05. The van der Waals surface area contributed by atoms with Gasteiger partial charge in [0, 0.05) is 22.0 Å². The maximum atomic E-state index is 5.95. The molecular formula is C15H18N2OS. The standard InChI is InChI=1S/C15H18N2OS/c1-3-14(16)15-9-8-13(10-17-15)19-12-6-4-11(18-2)5-7-12/h4-10,14H,3,16H2,1-2H3/t14-/m0/s1. The fraction of sp³-hybridized carbons (Fsp3) is 0.267. The fourth-order valence-electron chi connectivity index (χ4n) is 1.66. The Labute approximate surface area is 118 Å². The first-order valence-corrected chi connectivity index (χ1v) is 7.08. The van der Waals surface area contributed by atoms with Gasteiger partial charge in [-0.05, 0) is 42.8 Å². The molecule has 3 nitrogen and oxygen atoms in total. The lowest BCUT2D eigenvalue weighted by Gasteiger charge is -2.08. The van der Waals surface area contributed by atoms with Crippen molar-refractivity contribution in [1.29, 1.82) is 0 Å². The Hall–Kier alpha value is -1.52. The SMILES string of the molecule is CC[C@H](N)c1ccc(Sc2ccc(OC)cc2)cn1. The third-order valence-electron chi connectivity index (χ3n) is 2.87. The van der Waals surface area contributed by atoms with Crippen molar-refractivity contribution in [3.63, 3.8) is 0 Å². The molecule has 100 valence electrons. The molecule has 0 saturated heterocycles. The number of benzene rings is 1. The molecule has 19 heavy (non-hydrogen) atoms. The van der Waals surface area contributed by atoms with Gasteiger partial charge < -0.3 is 10.5 Å². The summed E-state index contributed by atoms with van der Waals surface area (Å²) in [6, 6.07) is 12.1. The molecule has 0 saturated carbocycles. The van der Waals surface area contributed by atoms with Gasteiger partial charge in [-0.1, -0.05) is 18.7 Å². The molecule has 0 aliphatic carbocycles. The lowest BCUT2D eigenvalue weighted by atomic mass is 10.1. The highest BCUT2D eigenvalue weighted by Crippen LogP contribution is 2.28. The average Bonchev–Trinajstić information content (AvgIpc) is 2.48. The zero-order valence-corrected chi connectivity index (χ0v) is 12.0. The predicted octanol–water partition coefficient (Wildman–Crippen LogP) is 3.65. The number of rotatable bonds is 5. The number of ether oxygens (including phenoxy) is 1. The summed E-state index contributed by atoms with van der Waals surface area (Å²) in [5.74, 6) is 0.867. The zero-order chi connectivity index (χ0) is 13.7. The van der Waals surface area contributed by atoms with Crippen LogP contribution in [0, 0.1) is 0 Å². The Balaban J connectivity index is 2.06. The normalized spacial score (nSPS) is 12.2. The highest BCUT2D eigenvalue weighted by molar-refractivity contribution is 7.99.